The van der Waals surface area contributed by atoms with Crippen LogP contribution in [0, 0.1) is 0 Å². The first-order valence-electron chi connectivity index (χ1n) is 7.84. The molecule has 1 heterocycles. The summed E-state index contributed by atoms with van der Waals surface area (Å²) in [5.74, 6) is 0. The van der Waals surface area contributed by atoms with Gasteiger partial charge in [-0.25, -0.2) is 0 Å². The van der Waals surface area contributed by atoms with Crippen LogP contribution < -0.4 is 0 Å². The molecule has 1 saturated carbocycles. The highest BCUT2D eigenvalue weighted by Crippen LogP contribution is 2.36. The molecule has 22 heavy (non-hydrogen) atoms. The highest BCUT2D eigenvalue weighted by Gasteiger charge is 2.46. The van der Waals surface area contributed by atoms with Crippen molar-refractivity contribution >= 4 is 0 Å². The Balaban J connectivity index is 1.76. The van der Waals surface area contributed by atoms with E-state index in [1.54, 1.807) is 0 Å². The fraction of sp³-hybridized carbons (Fsp3) is 0.867. The SMILES string of the molecule is OCCCCCC=C1CC1OC1OC(CO)C(O)C(O)C1O. The molecule has 2 aliphatic rings. The maximum Gasteiger partial charge on any atom is 0.187 e. The average molecular weight is 318 g/mol. The van der Waals surface area contributed by atoms with Crippen molar-refractivity contribution in [2.24, 2.45) is 0 Å². The van der Waals surface area contributed by atoms with Gasteiger partial charge in [0.2, 0.25) is 0 Å². The van der Waals surface area contributed by atoms with Crippen molar-refractivity contribution in [3.8, 4) is 0 Å². The van der Waals surface area contributed by atoms with Crippen LogP contribution in [-0.2, 0) is 9.47 Å². The molecule has 5 N–H and O–H groups in total. The lowest BCUT2D eigenvalue weighted by molar-refractivity contribution is -0.302. The summed E-state index contributed by atoms with van der Waals surface area (Å²) in [6.45, 7) is -0.234. The van der Waals surface area contributed by atoms with E-state index in [4.69, 9.17) is 19.7 Å². The van der Waals surface area contributed by atoms with Gasteiger partial charge in [-0.1, -0.05) is 12.5 Å². The molecule has 0 radical (unpaired) electrons. The summed E-state index contributed by atoms with van der Waals surface area (Å²) >= 11 is 0. The first-order chi connectivity index (χ1) is 10.6. The summed E-state index contributed by atoms with van der Waals surface area (Å²) in [5.41, 5.74) is 1.13. The van der Waals surface area contributed by atoms with E-state index < -0.39 is 37.3 Å². The predicted molar refractivity (Wildman–Crippen MR) is 76.9 cm³/mol. The molecular weight excluding hydrogens is 292 g/mol. The topological polar surface area (TPSA) is 120 Å². The molecule has 0 spiro atoms. The van der Waals surface area contributed by atoms with Crippen molar-refractivity contribution in [3.05, 3.63) is 11.6 Å². The lowest BCUT2D eigenvalue weighted by Crippen LogP contribution is -2.59. The van der Waals surface area contributed by atoms with Crippen LogP contribution in [-0.4, -0.2) is 75.6 Å². The third-order valence-electron chi connectivity index (χ3n) is 4.09. The van der Waals surface area contributed by atoms with Gasteiger partial charge < -0.3 is 35.0 Å². The number of aliphatic hydroxyl groups excluding tert-OH is 5. The molecular formula is C15H26O7. The quantitative estimate of drug-likeness (QED) is 0.289. The van der Waals surface area contributed by atoms with Gasteiger partial charge in [-0.2, -0.15) is 0 Å². The molecule has 6 unspecified atom stereocenters. The van der Waals surface area contributed by atoms with Crippen LogP contribution in [0.3, 0.4) is 0 Å². The second-order valence-electron chi connectivity index (χ2n) is 5.88. The Labute approximate surface area is 129 Å². The van der Waals surface area contributed by atoms with E-state index in [-0.39, 0.29) is 12.7 Å². The highest BCUT2D eigenvalue weighted by molar-refractivity contribution is 5.26. The monoisotopic (exact) mass is 318 g/mol. The van der Waals surface area contributed by atoms with E-state index in [1.807, 2.05) is 0 Å². The van der Waals surface area contributed by atoms with E-state index in [1.165, 1.54) is 0 Å². The summed E-state index contributed by atoms with van der Waals surface area (Å²) in [7, 11) is 0. The van der Waals surface area contributed by atoms with Crippen molar-refractivity contribution in [2.45, 2.75) is 68.9 Å². The van der Waals surface area contributed by atoms with Crippen LogP contribution >= 0.6 is 0 Å². The van der Waals surface area contributed by atoms with Gasteiger partial charge in [-0.05, 0) is 24.8 Å². The summed E-state index contributed by atoms with van der Waals surface area (Å²) in [6, 6.07) is 0. The van der Waals surface area contributed by atoms with Crippen LogP contribution in [0.2, 0.25) is 0 Å². The molecule has 1 aliphatic heterocycles. The molecule has 2 rings (SSSR count). The van der Waals surface area contributed by atoms with Gasteiger partial charge in [0.1, 0.15) is 24.4 Å². The van der Waals surface area contributed by atoms with Gasteiger partial charge in [0, 0.05) is 13.0 Å². The minimum Gasteiger partial charge on any atom is -0.396 e. The highest BCUT2D eigenvalue weighted by atomic mass is 16.7. The Morgan fingerprint density at radius 3 is 2.50 bits per heavy atom. The zero-order valence-electron chi connectivity index (χ0n) is 12.5. The summed E-state index contributed by atoms with van der Waals surface area (Å²) in [6.07, 6.45) is 0.340. The van der Waals surface area contributed by atoms with Crippen LogP contribution in [0.15, 0.2) is 11.6 Å². The van der Waals surface area contributed by atoms with Crippen LogP contribution in [0.25, 0.3) is 0 Å². The summed E-state index contributed by atoms with van der Waals surface area (Å²) in [5, 5.41) is 47.0. The Morgan fingerprint density at radius 1 is 1.05 bits per heavy atom. The van der Waals surface area contributed by atoms with Crippen molar-refractivity contribution in [1.29, 1.82) is 0 Å². The van der Waals surface area contributed by atoms with Gasteiger partial charge in [-0.15, -0.1) is 0 Å². The Kier molecular flexibility index (Phi) is 6.76. The maximum atomic E-state index is 9.87. The minimum absolute atomic E-state index is 0.140. The van der Waals surface area contributed by atoms with E-state index in [9.17, 15) is 15.3 Å². The third kappa shape index (κ3) is 4.48. The third-order valence-corrected chi connectivity index (χ3v) is 4.09. The number of unbranched alkanes of at least 4 members (excludes halogenated alkanes) is 3. The van der Waals surface area contributed by atoms with E-state index in [0.717, 1.165) is 37.7 Å². The molecule has 128 valence electrons. The number of aliphatic hydroxyl groups is 5. The Bertz CT molecular complexity index is 371. The average Bonchev–Trinajstić information content (AvgIpc) is 3.25. The zero-order chi connectivity index (χ0) is 16.1. The fourth-order valence-electron chi connectivity index (χ4n) is 2.57. The molecule has 7 heteroatoms. The molecule has 0 aromatic rings. The summed E-state index contributed by atoms with van der Waals surface area (Å²) in [4.78, 5) is 0. The minimum atomic E-state index is -1.40. The second-order valence-corrected chi connectivity index (χ2v) is 5.88. The van der Waals surface area contributed by atoms with Crippen LogP contribution in [0.1, 0.15) is 32.1 Å². The molecule has 0 bridgehead atoms. The number of ether oxygens (including phenoxy) is 2. The molecule has 1 aliphatic carbocycles. The second kappa shape index (κ2) is 8.35. The molecule has 0 aromatic carbocycles. The van der Waals surface area contributed by atoms with Crippen molar-refractivity contribution < 1.29 is 35.0 Å². The molecule has 1 saturated heterocycles. The molecule has 7 nitrogen and oxygen atoms in total. The van der Waals surface area contributed by atoms with Gasteiger partial charge in [-0.3, -0.25) is 0 Å². The number of rotatable bonds is 8. The van der Waals surface area contributed by atoms with Crippen molar-refractivity contribution in [2.75, 3.05) is 13.2 Å². The Morgan fingerprint density at radius 2 is 1.82 bits per heavy atom. The van der Waals surface area contributed by atoms with E-state index in [0.29, 0.717) is 0 Å². The van der Waals surface area contributed by atoms with E-state index >= 15 is 0 Å². The first-order valence-corrected chi connectivity index (χ1v) is 7.84. The van der Waals surface area contributed by atoms with Crippen LogP contribution in [0.4, 0.5) is 0 Å². The fourth-order valence-corrected chi connectivity index (χ4v) is 2.57. The normalized spacial score (nSPS) is 40.1. The smallest absolute Gasteiger partial charge is 0.187 e. The molecule has 6 atom stereocenters. The molecule has 0 amide bonds. The van der Waals surface area contributed by atoms with Gasteiger partial charge in [0.05, 0.1) is 12.7 Å². The first kappa shape index (κ1) is 17.8. The van der Waals surface area contributed by atoms with Gasteiger partial charge >= 0.3 is 0 Å². The lowest BCUT2D eigenvalue weighted by atomic mass is 9.99. The van der Waals surface area contributed by atoms with E-state index in [2.05, 4.69) is 6.08 Å². The maximum absolute atomic E-state index is 9.87. The largest absolute Gasteiger partial charge is 0.396 e. The molecule has 0 aromatic heterocycles. The Hall–Kier alpha value is -0.540. The van der Waals surface area contributed by atoms with Gasteiger partial charge in [0.15, 0.2) is 6.29 Å². The molecule has 2 fully saturated rings. The van der Waals surface area contributed by atoms with Crippen molar-refractivity contribution in [1.82, 2.24) is 0 Å². The number of allylic oxidation sites excluding steroid dienone is 1. The number of hydrogen-bond donors (Lipinski definition) is 5. The summed E-state index contributed by atoms with van der Waals surface area (Å²) < 4.78 is 10.9. The van der Waals surface area contributed by atoms with Crippen molar-refractivity contribution in [3.63, 3.8) is 0 Å². The van der Waals surface area contributed by atoms with Crippen LogP contribution in [0.5, 0.6) is 0 Å². The zero-order valence-corrected chi connectivity index (χ0v) is 12.5. The lowest BCUT2D eigenvalue weighted by Gasteiger charge is -2.39. The number of hydrogen-bond acceptors (Lipinski definition) is 7. The van der Waals surface area contributed by atoms with Gasteiger partial charge in [0.25, 0.3) is 0 Å². The predicted octanol–water partition coefficient (Wildman–Crippen LogP) is -0.946. The standard InChI is InChI=1S/C15H26O7/c16-6-4-2-1-3-5-9-7-10(9)21-15-14(20)13(19)12(18)11(8-17)22-15/h5,10-20H,1-4,6-8H2.